The molecule has 4 N–H and O–H groups in total. The van der Waals surface area contributed by atoms with Gasteiger partial charge in [0.25, 0.3) is 0 Å². The number of nitrogens with two attached hydrogens (primary N) is 1. The molecule has 20 heavy (non-hydrogen) atoms. The second-order valence-corrected chi connectivity index (χ2v) is 5.24. The van der Waals surface area contributed by atoms with Crippen LogP contribution in [0.1, 0.15) is 24.8 Å². The van der Waals surface area contributed by atoms with Crippen LogP contribution in [-0.2, 0) is 6.54 Å². The van der Waals surface area contributed by atoms with E-state index >= 15 is 0 Å². The Morgan fingerprint density at radius 3 is 2.95 bits per heavy atom. The van der Waals surface area contributed by atoms with E-state index in [0.29, 0.717) is 12.5 Å². The molecule has 1 aliphatic rings. The maximum Gasteiger partial charge on any atom is 0.188 e. The summed E-state index contributed by atoms with van der Waals surface area (Å²) in [6.45, 7) is 1.57. The van der Waals surface area contributed by atoms with Gasteiger partial charge in [0.05, 0.1) is 12.1 Å². The highest BCUT2D eigenvalue weighted by molar-refractivity contribution is 14.0. The molecule has 1 fully saturated rings. The van der Waals surface area contributed by atoms with Crippen molar-refractivity contribution in [2.45, 2.75) is 25.8 Å². The maximum absolute atomic E-state index is 5.90. The largest absolute Gasteiger partial charge is 0.370 e. The van der Waals surface area contributed by atoms with Crippen molar-refractivity contribution < 1.29 is 0 Å². The number of halogens is 1. The molecule has 0 bridgehead atoms. The number of nitrogens with one attached hydrogen (secondary N) is 2. The maximum atomic E-state index is 5.90. The van der Waals surface area contributed by atoms with Gasteiger partial charge in [0.15, 0.2) is 5.96 Å². The molecule has 1 heterocycles. The lowest BCUT2D eigenvalue weighted by molar-refractivity contribution is 0.315. The number of hydrogen-bond acceptors (Lipinski definition) is 1. The average Bonchev–Trinajstić information content (AvgIpc) is 2.83. The zero-order chi connectivity index (χ0) is 13.1. The van der Waals surface area contributed by atoms with Crippen molar-refractivity contribution >= 4 is 40.8 Å². The highest BCUT2D eigenvalue weighted by Crippen LogP contribution is 2.25. The van der Waals surface area contributed by atoms with E-state index in [1.807, 2.05) is 6.20 Å². The van der Waals surface area contributed by atoms with Crippen molar-refractivity contribution in [1.29, 1.82) is 0 Å². The molecule has 1 aromatic heterocycles. The Morgan fingerprint density at radius 1 is 1.35 bits per heavy atom. The van der Waals surface area contributed by atoms with Crippen LogP contribution >= 0.6 is 24.0 Å². The van der Waals surface area contributed by atoms with Crippen LogP contribution in [0.3, 0.4) is 0 Å². The number of para-hydroxylation sites is 1. The predicted octanol–water partition coefficient (Wildman–Crippen LogP) is 2.99. The first-order valence-corrected chi connectivity index (χ1v) is 6.92. The Hall–Kier alpha value is -1.24. The summed E-state index contributed by atoms with van der Waals surface area (Å²) in [6.07, 6.45) is 5.96. The molecule has 5 heteroatoms. The zero-order valence-corrected chi connectivity index (χ0v) is 13.8. The van der Waals surface area contributed by atoms with Crippen molar-refractivity contribution in [3.63, 3.8) is 0 Å². The van der Waals surface area contributed by atoms with Crippen LogP contribution in [0.5, 0.6) is 0 Å². The summed E-state index contributed by atoms with van der Waals surface area (Å²) in [5.74, 6) is 1.34. The van der Waals surface area contributed by atoms with E-state index in [1.54, 1.807) is 0 Å². The topological polar surface area (TPSA) is 66.2 Å². The van der Waals surface area contributed by atoms with Crippen LogP contribution in [-0.4, -0.2) is 17.5 Å². The number of nitrogens with zero attached hydrogens (tertiary/aromatic N) is 1. The van der Waals surface area contributed by atoms with Gasteiger partial charge >= 0.3 is 0 Å². The normalized spacial score (nSPS) is 15.7. The molecule has 0 spiro atoms. The minimum absolute atomic E-state index is 0. The third-order valence-corrected chi connectivity index (χ3v) is 3.89. The molecule has 108 valence electrons. The molecule has 4 nitrogen and oxygen atoms in total. The third kappa shape index (κ3) is 3.45. The van der Waals surface area contributed by atoms with Gasteiger partial charge in [0.2, 0.25) is 0 Å². The van der Waals surface area contributed by atoms with Crippen molar-refractivity contribution in [2.75, 3.05) is 6.54 Å². The van der Waals surface area contributed by atoms with E-state index < -0.39 is 0 Å². The second kappa shape index (κ2) is 6.97. The number of benzene rings is 1. The Balaban J connectivity index is 0.00000147. The lowest BCUT2D eigenvalue weighted by Gasteiger charge is -2.25. The zero-order valence-electron chi connectivity index (χ0n) is 11.4. The molecule has 0 atom stereocenters. The van der Waals surface area contributed by atoms with E-state index in [2.05, 4.69) is 39.6 Å². The molecule has 2 aromatic rings. The Morgan fingerprint density at radius 2 is 2.20 bits per heavy atom. The number of aromatic amines is 1. The Labute approximate surface area is 136 Å². The summed E-state index contributed by atoms with van der Waals surface area (Å²) >= 11 is 0. The van der Waals surface area contributed by atoms with Gasteiger partial charge in [-0.3, -0.25) is 0 Å². The van der Waals surface area contributed by atoms with Crippen LogP contribution in [0.15, 0.2) is 35.5 Å². The number of fused-ring (bicyclic) bond motifs is 1. The molecule has 0 aliphatic heterocycles. The lowest BCUT2D eigenvalue weighted by Crippen LogP contribution is -2.37. The minimum atomic E-state index is 0. The summed E-state index contributed by atoms with van der Waals surface area (Å²) in [5.41, 5.74) is 8.22. The fraction of sp³-hybridized carbons (Fsp3) is 0.400. The number of aromatic nitrogens is 1. The molecule has 3 rings (SSSR count). The molecular weight excluding hydrogens is 363 g/mol. The molecular formula is C15H21IN4. The number of rotatable bonds is 4. The monoisotopic (exact) mass is 384 g/mol. The highest BCUT2D eigenvalue weighted by Gasteiger charge is 2.16. The van der Waals surface area contributed by atoms with E-state index in [-0.39, 0.29) is 24.0 Å². The van der Waals surface area contributed by atoms with Crippen molar-refractivity contribution in [1.82, 2.24) is 10.3 Å². The summed E-state index contributed by atoms with van der Waals surface area (Å²) in [7, 11) is 0. The van der Waals surface area contributed by atoms with Gasteiger partial charge in [-0.25, -0.2) is 4.99 Å². The quantitative estimate of drug-likeness (QED) is 0.431. The van der Waals surface area contributed by atoms with Gasteiger partial charge in [0.1, 0.15) is 0 Å². The van der Waals surface area contributed by atoms with Crippen LogP contribution in [0.25, 0.3) is 10.9 Å². The SMILES string of the molecule is I.NC(=NCc1cccc2cc[nH]c12)NCC1CCC1. The Bertz CT molecular complexity index is 586. The first-order chi connectivity index (χ1) is 9.33. The van der Waals surface area contributed by atoms with Gasteiger partial charge in [-0.1, -0.05) is 24.6 Å². The molecule has 1 aliphatic carbocycles. The standard InChI is InChI=1S/C15H20N4.HI/c16-15(18-9-11-3-1-4-11)19-10-13-6-2-5-12-7-8-17-14(12)13;/h2,5-8,11,17H,1,3-4,9-10H2,(H3,16,18,19);1H. The van der Waals surface area contributed by atoms with Crippen LogP contribution in [0.2, 0.25) is 0 Å². The molecule has 0 saturated heterocycles. The van der Waals surface area contributed by atoms with E-state index in [4.69, 9.17) is 5.73 Å². The van der Waals surface area contributed by atoms with Crippen molar-refractivity contribution in [3.05, 3.63) is 36.0 Å². The second-order valence-electron chi connectivity index (χ2n) is 5.24. The molecule has 0 amide bonds. The fourth-order valence-electron chi connectivity index (χ4n) is 2.45. The van der Waals surface area contributed by atoms with Crippen molar-refractivity contribution in [2.24, 2.45) is 16.6 Å². The fourth-order valence-corrected chi connectivity index (χ4v) is 2.45. The highest BCUT2D eigenvalue weighted by atomic mass is 127. The van der Waals surface area contributed by atoms with Crippen molar-refractivity contribution in [3.8, 4) is 0 Å². The van der Waals surface area contributed by atoms with Gasteiger partial charge in [-0.15, -0.1) is 24.0 Å². The lowest BCUT2D eigenvalue weighted by atomic mass is 9.85. The first-order valence-electron chi connectivity index (χ1n) is 6.92. The summed E-state index contributed by atoms with van der Waals surface area (Å²) in [4.78, 5) is 7.67. The van der Waals surface area contributed by atoms with Gasteiger partial charge in [-0.05, 0) is 35.8 Å². The van der Waals surface area contributed by atoms with Crippen LogP contribution in [0, 0.1) is 5.92 Å². The number of guanidine groups is 1. The molecule has 1 saturated carbocycles. The van der Waals surface area contributed by atoms with Crippen LogP contribution in [0.4, 0.5) is 0 Å². The van der Waals surface area contributed by atoms with Gasteiger partial charge < -0.3 is 16.0 Å². The smallest absolute Gasteiger partial charge is 0.188 e. The predicted molar refractivity (Wildman–Crippen MR) is 94.4 cm³/mol. The number of hydrogen-bond donors (Lipinski definition) is 3. The minimum Gasteiger partial charge on any atom is -0.370 e. The molecule has 0 radical (unpaired) electrons. The molecule has 0 unspecified atom stereocenters. The summed E-state index contributed by atoms with van der Waals surface area (Å²) in [6, 6.07) is 8.30. The van der Waals surface area contributed by atoms with E-state index in [0.717, 1.165) is 18.0 Å². The first kappa shape index (κ1) is 15.2. The summed E-state index contributed by atoms with van der Waals surface area (Å²) in [5, 5.41) is 4.43. The van der Waals surface area contributed by atoms with Crippen LogP contribution < -0.4 is 11.1 Å². The third-order valence-electron chi connectivity index (χ3n) is 3.89. The average molecular weight is 384 g/mol. The number of aliphatic imine (C=N–C) groups is 1. The summed E-state index contributed by atoms with van der Waals surface area (Å²) < 4.78 is 0. The number of H-pyrrole nitrogens is 1. The van der Waals surface area contributed by atoms with Gasteiger partial charge in [0, 0.05) is 12.7 Å². The van der Waals surface area contributed by atoms with E-state index in [1.165, 1.54) is 30.2 Å². The Kier molecular flexibility index (Phi) is 5.28. The van der Waals surface area contributed by atoms with E-state index in [9.17, 15) is 0 Å². The van der Waals surface area contributed by atoms with Gasteiger partial charge in [-0.2, -0.15) is 0 Å². The molecule has 1 aromatic carbocycles.